The molecule has 0 unspecified atom stereocenters. The minimum absolute atomic E-state index is 0.0277. The highest BCUT2D eigenvalue weighted by molar-refractivity contribution is 5.89. The second kappa shape index (κ2) is 6.45. The van der Waals surface area contributed by atoms with Crippen LogP contribution in [-0.2, 0) is 22.5 Å². The van der Waals surface area contributed by atoms with Crippen LogP contribution >= 0.6 is 0 Å². The van der Waals surface area contributed by atoms with Crippen LogP contribution in [0.1, 0.15) is 12.6 Å². The number of aryl methyl sites for hydroxylation is 1. The molecular formula is C14H19N3O2. The zero-order valence-corrected chi connectivity index (χ0v) is 11.1. The van der Waals surface area contributed by atoms with Gasteiger partial charge in [0.15, 0.2) is 5.78 Å². The van der Waals surface area contributed by atoms with Gasteiger partial charge in [0.1, 0.15) is 6.61 Å². The lowest BCUT2D eigenvalue weighted by atomic mass is 10.1. The van der Waals surface area contributed by atoms with Gasteiger partial charge in [-0.05, 0) is 13.0 Å². The maximum atomic E-state index is 11.8. The van der Waals surface area contributed by atoms with Gasteiger partial charge in [0.2, 0.25) is 0 Å². The molecule has 2 N–H and O–H groups in total. The van der Waals surface area contributed by atoms with Crippen LogP contribution in [0, 0.1) is 0 Å². The van der Waals surface area contributed by atoms with E-state index in [-0.39, 0.29) is 12.4 Å². The fraction of sp³-hybridized carbons (Fsp3) is 0.429. The van der Waals surface area contributed by atoms with Crippen LogP contribution in [0.4, 0.5) is 0 Å². The number of para-hydroxylation sites is 1. The van der Waals surface area contributed by atoms with Gasteiger partial charge in [-0.1, -0.05) is 18.2 Å². The average molecular weight is 261 g/mol. The molecule has 1 heterocycles. The smallest absolute Gasteiger partial charge is 0.164 e. The van der Waals surface area contributed by atoms with Gasteiger partial charge in [-0.2, -0.15) is 5.10 Å². The molecule has 0 atom stereocenters. The molecule has 2 rings (SSSR count). The van der Waals surface area contributed by atoms with Gasteiger partial charge in [0, 0.05) is 18.5 Å². The maximum absolute atomic E-state index is 11.8. The molecule has 5 nitrogen and oxygen atoms in total. The van der Waals surface area contributed by atoms with E-state index in [1.165, 1.54) is 0 Å². The molecule has 0 bridgehead atoms. The molecule has 0 aliphatic rings. The Bertz CT molecular complexity index is 563. The van der Waals surface area contributed by atoms with Crippen LogP contribution in [0.25, 0.3) is 10.9 Å². The summed E-state index contributed by atoms with van der Waals surface area (Å²) >= 11 is 0. The van der Waals surface area contributed by atoms with Crippen molar-refractivity contribution in [3.05, 3.63) is 30.0 Å². The van der Waals surface area contributed by atoms with E-state index in [2.05, 4.69) is 5.10 Å². The Morgan fingerprint density at radius 3 is 2.95 bits per heavy atom. The zero-order chi connectivity index (χ0) is 13.7. The number of Topliss-reactive ketones (excluding diaryl/α,β-unsaturated/α-hetero) is 1. The lowest BCUT2D eigenvalue weighted by Crippen LogP contribution is -2.16. The summed E-state index contributed by atoms with van der Waals surface area (Å²) in [5.74, 6) is 0.0277. The lowest BCUT2D eigenvalue weighted by molar-refractivity contribution is -0.122. The Morgan fingerprint density at radius 1 is 1.42 bits per heavy atom. The Morgan fingerprint density at radius 2 is 2.21 bits per heavy atom. The van der Waals surface area contributed by atoms with Crippen molar-refractivity contribution >= 4 is 16.7 Å². The first kappa shape index (κ1) is 13.7. The van der Waals surface area contributed by atoms with Crippen LogP contribution in [-0.4, -0.2) is 35.3 Å². The third kappa shape index (κ3) is 3.19. The monoisotopic (exact) mass is 261 g/mol. The van der Waals surface area contributed by atoms with Crippen LogP contribution in [0.5, 0.6) is 0 Å². The van der Waals surface area contributed by atoms with Crippen LogP contribution in [0.2, 0.25) is 0 Å². The molecular weight excluding hydrogens is 242 g/mol. The van der Waals surface area contributed by atoms with E-state index < -0.39 is 0 Å². The zero-order valence-electron chi connectivity index (χ0n) is 11.1. The van der Waals surface area contributed by atoms with E-state index in [1.807, 2.05) is 35.9 Å². The molecule has 19 heavy (non-hydrogen) atoms. The van der Waals surface area contributed by atoms with E-state index >= 15 is 0 Å². The highest BCUT2D eigenvalue weighted by atomic mass is 16.5. The van der Waals surface area contributed by atoms with E-state index in [0.717, 1.165) is 23.1 Å². The summed E-state index contributed by atoms with van der Waals surface area (Å²) in [6.45, 7) is 3.77. The summed E-state index contributed by atoms with van der Waals surface area (Å²) in [5.41, 5.74) is 7.19. The number of ether oxygens (including phenoxy) is 1. The molecule has 102 valence electrons. The molecule has 0 saturated carbocycles. The number of ketones is 1. The van der Waals surface area contributed by atoms with Crippen molar-refractivity contribution in [3.8, 4) is 0 Å². The highest BCUT2D eigenvalue weighted by Crippen LogP contribution is 2.18. The summed E-state index contributed by atoms with van der Waals surface area (Å²) in [7, 11) is 0. The standard InChI is InChI=1S/C14H19N3O2/c1-2-17-14-6-4-3-5-12(14)13(16-17)9-11(18)10-19-8-7-15/h3-6H,2,7-10,15H2,1H3. The summed E-state index contributed by atoms with van der Waals surface area (Å²) in [4.78, 5) is 11.8. The SMILES string of the molecule is CCn1nc(CC(=O)COCCN)c2ccccc21. The van der Waals surface area contributed by atoms with Crippen molar-refractivity contribution in [2.75, 3.05) is 19.8 Å². The molecule has 0 spiro atoms. The normalized spacial score (nSPS) is 11.1. The van der Waals surface area contributed by atoms with Gasteiger partial charge in [-0.15, -0.1) is 0 Å². The molecule has 0 aliphatic heterocycles. The van der Waals surface area contributed by atoms with Gasteiger partial charge in [0.25, 0.3) is 0 Å². The Kier molecular flexibility index (Phi) is 4.65. The maximum Gasteiger partial charge on any atom is 0.164 e. The van der Waals surface area contributed by atoms with Crippen LogP contribution < -0.4 is 5.73 Å². The number of carbonyl (C=O) groups excluding carboxylic acids is 1. The third-order valence-corrected chi connectivity index (χ3v) is 2.92. The second-order valence-electron chi connectivity index (χ2n) is 4.34. The van der Waals surface area contributed by atoms with Crippen molar-refractivity contribution in [1.29, 1.82) is 0 Å². The summed E-state index contributed by atoms with van der Waals surface area (Å²) < 4.78 is 7.07. The quantitative estimate of drug-likeness (QED) is 0.759. The lowest BCUT2D eigenvalue weighted by Gasteiger charge is -2.00. The van der Waals surface area contributed by atoms with Crippen molar-refractivity contribution in [1.82, 2.24) is 9.78 Å². The van der Waals surface area contributed by atoms with Crippen LogP contribution in [0.3, 0.4) is 0 Å². The Balaban J connectivity index is 2.14. The van der Waals surface area contributed by atoms with Crippen LogP contribution in [0.15, 0.2) is 24.3 Å². The first-order chi connectivity index (χ1) is 9.26. The first-order valence-corrected chi connectivity index (χ1v) is 6.50. The molecule has 0 aliphatic carbocycles. The van der Waals surface area contributed by atoms with E-state index in [1.54, 1.807) is 0 Å². The Hall–Kier alpha value is -1.72. The van der Waals surface area contributed by atoms with Gasteiger partial charge < -0.3 is 10.5 Å². The number of fused-ring (bicyclic) bond motifs is 1. The minimum Gasteiger partial charge on any atom is -0.372 e. The molecule has 5 heteroatoms. The topological polar surface area (TPSA) is 70.1 Å². The number of hydrogen-bond acceptors (Lipinski definition) is 4. The van der Waals surface area contributed by atoms with E-state index in [4.69, 9.17) is 10.5 Å². The predicted molar refractivity (Wildman–Crippen MR) is 74.0 cm³/mol. The van der Waals surface area contributed by atoms with Crippen molar-refractivity contribution in [2.45, 2.75) is 19.9 Å². The Labute approximate surface area is 112 Å². The van der Waals surface area contributed by atoms with E-state index in [0.29, 0.717) is 19.6 Å². The number of carbonyl (C=O) groups is 1. The molecule has 1 aromatic heterocycles. The first-order valence-electron chi connectivity index (χ1n) is 6.50. The predicted octanol–water partition coefficient (Wildman–Crippen LogP) is 1.14. The van der Waals surface area contributed by atoms with Crippen molar-refractivity contribution < 1.29 is 9.53 Å². The molecule has 0 fully saturated rings. The van der Waals surface area contributed by atoms with Gasteiger partial charge >= 0.3 is 0 Å². The molecule has 0 amide bonds. The van der Waals surface area contributed by atoms with Crippen molar-refractivity contribution in [2.24, 2.45) is 5.73 Å². The van der Waals surface area contributed by atoms with Crippen molar-refractivity contribution in [3.63, 3.8) is 0 Å². The number of benzene rings is 1. The molecule has 2 aromatic rings. The summed E-state index contributed by atoms with van der Waals surface area (Å²) in [6.07, 6.45) is 0.304. The van der Waals surface area contributed by atoms with E-state index in [9.17, 15) is 4.79 Å². The molecule has 1 aromatic carbocycles. The van der Waals surface area contributed by atoms with Gasteiger partial charge in [-0.3, -0.25) is 9.48 Å². The average Bonchev–Trinajstić information content (AvgIpc) is 2.77. The number of rotatable bonds is 7. The highest BCUT2D eigenvalue weighted by Gasteiger charge is 2.12. The number of nitrogens with zero attached hydrogens (tertiary/aromatic N) is 2. The molecule has 0 saturated heterocycles. The number of hydrogen-bond donors (Lipinski definition) is 1. The summed E-state index contributed by atoms with van der Waals surface area (Å²) in [5, 5.41) is 5.53. The number of nitrogens with two attached hydrogens (primary N) is 1. The van der Waals surface area contributed by atoms with Gasteiger partial charge in [0.05, 0.1) is 24.2 Å². The summed E-state index contributed by atoms with van der Waals surface area (Å²) in [6, 6.07) is 7.96. The number of aromatic nitrogens is 2. The fourth-order valence-electron chi connectivity index (χ4n) is 2.07. The second-order valence-corrected chi connectivity index (χ2v) is 4.34. The van der Waals surface area contributed by atoms with Gasteiger partial charge in [-0.25, -0.2) is 0 Å². The largest absolute Gasteiger partial charge is 0.372 e. The fourth-order valence-corrected chi connectivity index (χ4v) is 2.07. The third-order valence-electron chi connectivity index (χ3n) is 2.92. The molecule has 0 radical (unpaired) electrons. The minimum atomic E-state index is 0.0277.